The fraction of sp³-hybridized carbons (Fsp3) is 0.435. The second-order valence-corrected chi connectivity index (χ2v) is 7.72. The van der Waals surface area contributed by atoms with Crippen molar-refractivity contribution < 1.29 is 9.53 Å². The number of ether oxygens (including phenoxy) is 1. The topological polar surface area (TPSA) is 41.6 Å². The van der Waals surface area contributed by atoms with Gasteiger partial charge in [-0.1, -0.05) is 50.2 Å². The number of nitrogens with zero attached hydrogens (tertiary/aromatic N) is 1. The van der Waals surface area contributed by atoms with Crippen LogP contribution >= 0.6 is 0 Å². The third kappa shape index (κ3) is 6.49. The molecule has 0 bridgehead atoms. The Hall–Kier alpha value is -2.17. The molecule has 0 aromatic heterocycles. The summed E-state index contributed by atoms with van der Waals surface area (Å²) in [4.78, 5) is 14.7. The molecule has 144 valence electrons. The molecule has 0 spiro atoms. The second-order valence-electron chi connectivity index (χ2n) is 7.72. The van der Waals surface area contributed by atoms with Gasteiger partial charge in [-0.15, -0.1) is 0 Å². The Morgan fingerprint density at radius 2 is 1.56 bits per heavy atom. The van der Waals surface area contributed by atoms with Crippen molar-refractivity contribution in [2.75, 3.05) is 31.6 Å². The predicted octanol–water partition coefficient (Wildman–Crippen LogP) is 3.90. The van der Waals surface area contributed by atoms with Gasteiger partial charge in [0.1, 0.15) is 0 Å². The van der Waals surface area contributed by atoms with Gasteiger partial charge < -0.3 is 10.1 Å². The first-order valence-corrected chi connectivity index (χ1v) is 9.85. The number of amides is 1. The number of morpholine rings is 1. The maximum Gasteiger partial charge on any atom is 0.228 e. The van der Waals surface area contributed by atoms with Crippen LogP contribution in [0.2, 0.25) is 0 Å². The molecule has 4 heteroatoms. The van der Waals surface area contributed by atoms with Crippen LogP contribution in [0.25, 0.3) is 0 Å². The first kappa shape index (κ1) is 19.6. The number of nitrogens with one attached hydrogen (secondary N) is 1. The van der Waals surface area contributed by atoms with E-state index in [1.807, 2.05) is 12.1 Å². The SMILES string of the molecule is CC(C)Cc1ccc(CC(=O)Nc2ccc(CN3CCOCC3)cc2)cc1. The van der Waals surface area contributed by atoms with E-state index in [9.17, 15) is 4.79 Å². The largest absolute Gasteiger partial charge is 0.379 e. The van der Waals surface area contributed by atoms with Crippen LogP contribution in [0, 0.1) is 5.92 Å². The first-order valence-electron chi connectivity index (χ1n) is 9.85. The maximum absolute atomic E-state index is 12.3. The first-order chi connectivity index (χ1) is 13.1. The molecular weight excluding hydrogens is 336 g/mol. The molecule has 1 aliphatic rings. The van der Waals surface area contributed by atoms with Crippen molar-refractivity contribution in [3.8, 4) is 0 Å². The number of benzene rings is 2. The van der Waals surface area contributed by atoms with Gasteiger partial charge in [0.25, 0.3) is 0 Å². The summed E-state index contributed by atoms with van der Waals surface area (Å²) in [6.45, 7) is 8.95. The van der Waals surface area contributed by atoms with Crippen LogP contribution < -0.4 is 5.32 Å². The van der Waals surface area contributed by atoms with Crippen LogP contribution in [0.1, 0.15) is 30.5 Å². The minimum atomic E-state index is 0.0209. The average molecular weight is 367 g/mol. The summed E-state index contributed by atoms with van der Waals surface area (Å²) in [7, 11) is 0. The summed E-state index contributed by atoms with van der Waals surface area (Å²) in [6, 6.07) is 16.5. The summed E-state index contributed by atoms with van der Waals surface area (Å²) >= 11 is 0. The molecule has 0 atom stereocenters. The predicted molar refractivity (Wildman–Crippen MR) is 110 cm³/mol. The lowest BCUT2D eigenvalue weighted by molar-refractivity contribution is -0.115. The molecule has 0 aliphatic carbocycles. The van der Waals surface area contributed by atoms with E-state index >= 15 is 0 Å². The van der Waals surface area contributed by atoms with Crippen molar-refractivity contribution in [3.63, 3.8) is 0 Å². The Kier molecular flexibility index (Phi) is 7.02. The van der Waals surface area contributed by atoms with Gasteiger partial charge in [0.15, 0.2) is 0 Å². The van der Waals surface area contributed by atoms with Gasteiger partial charge in [-0.05, 0) is 41.2 Å². The van der Waals surface area contributed by atoms with Crippen molar-refractivity contribution in [1.29, 1.82) is 0 Å². The van der Waals surface area contributed by atoms with E-state index in [1.54, 1.807) is 0 Å². The average Bonchev–Trinajstić information content (AvgIpc) is 2.65. The van der Waals surface area contributed by atoms with E-state index in [2.05, 4.69) is 60.5 Å². The lowest BCUT2D eigenvalue weighted by Crippen LogP contribution is -2.35. The highest BCUT2D eigenvalue weighted by molar-refractivity contribution is 5.92. The third-order valence-electron chi connectivity index (χ3n) is 4.78. The Morgan fingerprint density at radius 3 is 2.19 bits per heavy atom. The Bertz CT molecular complexity index is 717. The molecule has 3 rings (SSSR count). The highest BCUT2D eigenvalue weighted by Gasteiger charge is 2.11. The smallest absolute Gasteiger partial charge is 0.228 e. The zero-order chi connectivity index (χ0) is 19.1. The van der Waals surface area contributed by atoms with E-state index in [0.29, 0.717) is 12.3 Å². The Labute approximate surface area is 162 Å². The van der Waals surface area contributed by atoms with Crippen LogP contribution in [-0.2, 0) is 28.9 Å². The van der Waals surface area contributed by atoms with Crippen molar-refractivity contribution >= 4 is 11.6 Å². The van der Waals surface area contributed by atoms with Crippen LogP contribution in [0.3, 0.4) is 0 Å². The van der Waals surface area contributed by atoms with E-state index in [1.165, 1.54) is 11.1 Å². The molecule has 1 fully saturated rings. The molecule has 1 heterocycles. The van der Waals surface area contributed by atoms with E-state index in [0.717, 1.165) is 50.5 Å². The van der Waals surface area contributed by atoms with Crippen LogP contribution in [-0.4, -0.2) is 37.1 Å². The molecule has 1 amide bonds. The van der Waals surface area contributed by atoms with Gasteiger partial charge in [0.2, 0.25) is 5.91 Å². The Balaban J connectivity index is 1.48. The van der Waals surface area contributed by atoms with Crippen molar-refractivity contribution in [2.45, 2.75) is 33.2 Å². The molecule has 0 unspecified atom stereocenters. The molecule has 27 heavy (non-hydrogen) atoms. The van der Waals surface area contributed by atoms with Gasteiger partial charge in [0, 0.05) is 25.3 Å². The third-order valence-corrected chi connectivity index (χ3v) is 4.78. The zero-order valence-corrected chi connectivity index (χ0v) is 16.4. The van der Waals surface area contributed by atoms with Crippen LogP contribution in [0.5, 0.6) is 0 Å². The fourth-order valence-electron chi connectivity index (χ4n) is 3.37. The number of carbonyl (C=O) groups is 1. The number of rotatable bonds is 7. The molecule has 1 saturated heterocycles. The minimum Gasteiger partial charge on any atom is -0.379 e. The normalized spacial score (nSPS) is 15.1. The quantitative estimate of drug-likeness (QED) is 0.808. The lowest BCUT2D eigenvalue weighted by atomic mass is 10.0. The highest BCUT2D eigenvalue weighted by Crippen LogP contribution is 2.14. The number of carbonyl (C=O) groups excluding carboxylic acids is 1. The van der Waals surface area contributed by atoms with Crippen LogP contribution in [0.15, 0.2) is 48.5 Å². The van der Waals surface area contributed by atoms with Gasteiger partial charge in [0.05, 0.1) is 19.6 Å². The summed E-state index contributed by atoms with van der Waals surface area (Å²) in [5, 5.41) is 3.00. The summed E-state index contributed by atoms with van der Waals surface area (Å²) < 4.78 is 5.38. The molecule has 2 aromatic carbocycles. The van der Waals surface area contributed by atoms with Gasteiger partial charge in [-0.2, -0.15) is 0 Å². The Morgan fingerprint density at radius 1 is 0.963 bits per heavy atom. The molecule has 0 radical (unpaired) electrons. The van der Waals surface area contributed by atoms with Crippen molar-refractivity contribution in [2.24, 2.45) is 5.92 Å². The molecule has 1 N–H and O–H groups in total. The monoisotopic (exact) mass is 366 g/mol. The van der Waals surface area contributed by atoms with Gasteiger partial charge in [-0.25, -0.2) is 0 Å². The van der Waals surface area contributed by atoms with Crippen molar-refractivity contribution in [3.05, 3.63) is 65.2 Å². The van der Waals surface area contributed by atoms with Gasteiger partial charge >= 0.3 is 0 Å². The molecule has 1 aliphatic heterocycles. The highest BCUT2D eigenvalue weighted by atomic mass is 16.5. The van der Waals surface area contributed by atoms with E-state index < -0.39 is 0 Å². The molecular formula is C23H30N2O2. The van der Waals surface area contributed by atoms with Crippen LogP contribution in [0.4, 0.5) is 5.69 Å². The standard InChI is InChI=1S/C23H30N2O2/c1-18(2)15-19-3-5-20(6-4-19)16-23(26)24-22-9-7-21(8-10-22)17-25-11-13-27-14-12-25/h3-10,18H,11-17H2,1-2H3,(H,24,26). The zero-order valence-electron chi connectivity index (χ0n) is 16.4. The lowest BCUT2D eigenvalue weighted by Gasteiger charge is -2.26. The summed E-state index contributed by atoms with van der Waals surface area (Å²) in [5.41, 5.74) is 4.48. The second kappa shape index (κ2) is 9.67. The fourth-order valence-corrected chi connectivity index (χ4v) is 3.37. The summed E-state index contributed by atoms with van der Waals surface area (Å²) in [5.74, 6) is 0.665. The number of hydrogen-bond acceptors (Lipinski definition) is 3. The number of anilines is 1. The van der Waals surface area contributed by atoms with Gasteiger partial charge in [-0.3, -0.25) is 9.69 Å². The molecule has 2 aromatic rings. The summed E-state index contributed by atoms with van der Waals surface area (Å²) in [6.07, 6.45) is 1.47. The minimum absolute atomic E-state index is 0.0209. The van der Waals surface area contributed by atoms with E-state index in [4.69, 9.17) is 4.74 Å². The molecule has 4 nitrogen and oxygen atoms in total. The van der Waals surface area contributed by atoms with Crippen molar-refractivity contribution in [1.82, 2.24) is 4.90 Å². The van der Waals surface area contributed by atoms with E-state index in [-0.39, 0.29) is 5.91 Å². The maximum atomic E-state index is 12.3. The molecule has 0 saturated carbocycles. The number of hydrogen-bond donors (Lipinski definition) is 1.